The van der Waals surface area contributed by atoms with Crippen molar-refractivity contribution in [3.8, 4) is 17.0 Å². The predicted octanol–water partition coefficient (Wildman–Crippen LogP) is 2.63. The Balaban J connectivity index is 1.53. The Hall–Kier alpha value is -3.48. The maximum atomic E-state index is 13.0. The fourth-order valence-electron chi connectivity index (χ4n) is 2.57. The molecule has 0 spiro atoms. The molecule has 6 nitrogen and oxygen atoms in total. The van der Waals surface area contributed by atoms with Gasteiger partial charge in [-0.25, -0.2) is 9.37 Å². The number of carbonyl (C=O) groups excluding carboxylic acids is 1. The second-order valence-electron chi connectivity index (χ2n) is 6.18. The van der Waals surface area contributed by atoms with Gasteiger partial charge in [-0.3, -0.25) is 14.2 Å². The molecule has 0 bridgehead atoms. The molecule has 1 amide bonds. The molecule has 0 saturated carbocycles. The Morgan fingerprint density at radius 3 is 2.57 bits per heavy atom. The molecule has 1 heterocycles. The molecule has 3 aromatic rings. The van der Waals surface area contributed by atoms with Gasteiger partial charge in [0.25, 0.3) is 11.5 Å². The molecule has 1 unspecified atom stereocenters. The van der Waals surface area contributed by atoms with Crippen LogP contribution in [0.4, 0.5) is 4.39 Å². The molecule has 0 aliphatic carbocycles. The highest BCUT2D eigenvalue weighted by molar-refractivity contribution is 5.80. The molecule has 28 heavy (non-hydrogen) atoms. The highest BCUT2D eigenvalue weighted by Crippen LogP contribution is 2.15. The number of ether oxygens (including phenoxy) is 1. The molecule has 2 aromatic carbocycles. The fourth-order valence-corrected chi connectivity index (χ4v) is 2.57. The van der Waals surface area contributed by atoms with Gasteiger partial charge < -0.3 is 10.1 Å². The lowest BCUT2D eigenvalue weighted by atomic mass is 10.1. The summed E-state index contributed by atoms with van der Waals surface area (Å²) in [7, 11) is 0. The van der Waals surface area contributed by atoms with E-state index in [0.29, 0.717) is 17.0 Å². The first-order valence-corrected chi connectivity index (χ1v) is 8.85. The molecular formula is C21H20FN3O3. The summed E-state index contributed by atoms with van der Waals surface area (Å²) >= 11 is 0. The van der Waals surface area contributed by atoms with Crippen LogP contribution in [0.5, 0.6) is 5.75 Å². The number of nitrogens with zero attached hydrogens (tertiary/aromatic N) is 2. The van der Waals surface area contributed by atoms with E-state index in [-0.39, 0.29) is 30.4 Å². The maximum absolute atomic E-state index is 13.0. The number of nitrogens with one attached hydrogen (secondary N) is 1. The average Bonchev–Trinajstić information content (AvgIpc) is 2.70. The van der Waals surface area contributed by atoms with Gasteiger partial charge in [-0.05, 0) is 43.3 Å². The van der Waals surface area contributed by atoms with E-state index in [2.05, 4.69) is 10.3 Å². The number of amides is 1. The van der Waals surface area contributed by atoms with Crippen LogP contribution in [0.1, 0.15) is 6.92 Å². The molecule has 144 valence electrons. The first-order valence-electron chi connectivity index (χ1n) is 8.85. The van der Waals surface area contributed by atoms with Crippen molar-refractivity contribution < 1.29 is 13.9 Å². The van der Waals surface area contributed by atoms with Crippen LogP contribution in [0.2, 0.25) is 0 Å². The monoisotopic (exact) mass is 381 g/mol. The topological polar surface area (TPSA) is 73.2 Å². The van der Waals surface area contributed by atoms with Crippen LogP contribution in [-0.4, -0.2) is 28.1 Å². The Morgan fingerprint density at radius 2 is 1.89 bits per heavy atom. The molecule has 1 aromatic heterocycles. The lowest BCUT2D eigenvalue weighted by Crippen LogP contribution is -2.38. The smallest absolute Gasteiger partial charge is 0.260 e. The van der Waals surface area contributed by atoms with E-state index in [1.165, 1.54) is 29.1 Å². The van der Waals surface area contributed by atoms with Gasteiger partial charge in [-0.1, -0.05) is 18.2 Å². The van der Waals surface area contributed by atoms with Gasteiger partial charge in [-0.2, -0.15) is 0 Å². The Bertz CT molecular complexity index is 988. The summed E-state index contributed by atoms with van der Waals surface area (Å²) in [6.45, 7) is 2.20. The largest absolute Gasteiger partial charge is 0.481 e. The zero-order chi connectivity index (χ0) is 19.9. The molecule has 1 atom stereocenters. The highest BCUT2D eigenvalue weighted by atomic mass is 19.1. The number of carbonyl (C=O) groups is 1. The van der Waals surface area contributed by atoms with Crippen molar-refractivity contribution in [2.75, 3.05) is 6.54 Å². The minimum atomic E-state index is -0.655. The van der Waals surface area contributed by atoms with Gasteiger partial charge in [0.05, 0.1) is 12.0 Å². The summed E-state index contributed by atoms with van der Waals surface area (Å²) in [4.78, 5) is 28.6. The van der Waals surface area contributed by atoms with Gasteiger partial charge in [0, 0.05) is 24.7 Å². The molecule has 3 rings (SSSR count). The van der Waals surface area contributed by atoms with Gasteiger partial charge >= 0.3 is 0 Å². The summed E-state index contributed by atoms with van der Waals surface area (Å²) < 4.78 is 20.0. The van der Waals surface area contributed by atoms with Crippen molar-refractivity contribution in [1.29, 1.82) is 0 Å². The molecule has 0 saturated heterocycles. The highest BCUT2D eigenvalue weighted by Gasteiger charge is 2.14. The van der Waals surface area contributed by atoms with E-state index in [0.717, 1.165) is 0 Å². The lowest BCUT2D eigenvalue weighted by molar-refractivity contribution is -0.127. The fraction of sp³-hybridized carbons (Fsp3) is 0.190. The van der Waals surface area contributed by atoms with Crippen LogP contribution in [0, 0.1) is 5.82 Å². The van der Waals surface area contributed by atoms with E-state index in [4.69, 9.17) is 4.74 Å². The molecule has 0 aliphatic heterocycles. The minimum Gasteiger partial charge on any atom is -0.481 e. The maximum Gasteiger partial charge on any atom is 0.260 e. The summed E-state index contributed by atoms with van der Waals surface area (Å²) in [5.41, 5.74) is 0.873. The van der Waals surface area contributed by atoms with E-state index in [1.807, 2.05) is 18.2 Å². The predicted molar refractivity (Wildman–Crippen MR) is 103 cm³/mol. The number of halogens is 1. The molecule has 0 fully saturated rings. The Labute approximate surface area is 161 Å². The van der Waals surface area contributed by atoms with Crippen molar-refractivity contribution in [2.24, 2.45) is 0 Å². The zero-order valence-electron chi connectivity index (χ0n) is 15.3. The normalized spacial score (nSPS) is 11.6. The number of aromatic nitrogens is 2. The summed E-state index contributed by atoms with van der Waals surface area (Å²) in [5, 5.41) is 2.74. The third kappa shape index (κ3) is 5.03. The number of hydrogen-bond donors (Lipinski definition) is 1. The lowest BCUT2D eigenvalue weighted by Gasteiger charge is -2.15. The van der Waals surface area contributed by atoms with Gasteiger partial charge in [0.15, 0.2) is 6.10 Å². The first-order chi connectivity index (χ1) is 13.5. The number of hydrogen-bond acceptors (Lipinski definition) is 4. The van der Waals surface area contributed by atoms with E-state index in [1.54, 1.807) is 31.2 Å². The van der Waals surface area contributed by atoms with E-state index in [9.17, 15) is 14.0 Å². The molecule has 1 N–H and O–H groups in total. The zero-order valence-corrected chi connectivity index (χ0v) is 15.3. The molecule has 7 heteroatoms. The van der Waals surface area contributed by atoms with E-state index >= 15 is 0 Å². The second-order valence-corrected chi connectivity index (χ2v) is 6.18. The van der Waals surface area contributed by atoms with Gasteiger partial charge in [-0.15, -0.1) is 0 Å². The third-order valence-electron chi connectivity index (χ3n) is 4.10. The Morgan fingerprint density at radius 1 is 1.18 bits per heavy atom. The minimum absolute atomic E-state index is 0.253. The van der Waals surface area contributed by atoms with Crippen LogP contribution in [-0.2, 0) is 11.3 Å². The SMILES string of the molecule is CC(Oc1ccccc1)C(=O)NCCn1cnc(-c2ccc(F)cc2)cc1=O. The van der Waals surface area contributed by atoms with Crippen LogP contribution in [0.3, 0.4) is 0 Å². The molecular weight excluding hydrogens is 361 g/mol. The van der Waals surface area contributed by atoms with Crippen molar-refractivity contribution in [3.05, 3.63) is 83.2 Å². The van der Waals surface area contributed by atoms with Gasteiger partial charge in [0.1, 0.15) is 11.6 Å². The number of rotatable bonds is 7. The third-order valence-corrected chi connectivity index (χ3v) is 4.10. The van der Waals surface area contributed by atoms with Crippen LogP contribution >= 0.6 is 0 Å². The van der Waals surface area contributed by atoms with Crippen LogP contribution in [0.25, 0.3) is 11.3 Å². The van der Waals surface area contributed by atoms with Crippen LogP contribution < -0.4 is 15.6 Å². The van der Waals surface area contributed by atoms with Crippen molar-refractivity contribution in [3.63, 3.8) is 0 Å². The number of para-hydroxylation sites is 1. The van der Waals surface area contributed by atoms with Crippen molar-refractivity contribution in [1.82, 2.24) is 14.9 Å². The molecule has 0 radical (unpaired) electrons. The average molecular weight is 381 g/mol. The van der Waals surface area contributed by atoms with Crippen molar-refractivity contribution >= 4 is 5.91 Å². The summed E-state index contributed by atoms with van der Waals surface area (Å²) in [6.07, 6.45) is 0.759. The van der Waals surface area contributed by atoms with Gasteiger partial charge in [0.2, 0.25) is 0 Å². The number of benzene rings is 2. The quantitative estimate of drug-likeness (QED) is 0.683. The van der Waals surface area contributed by atoms with Crippen LogP contribution in [0.15, 0.2) is 71.8 Å². The summed E-state index contributed by atoms with van der Waals surface area (Å²) in [6, 6.07) is 16.2. The first kappa shape index (κ1) is 19.3. The second kappa shape index (κ2) is 8.94. The Kier molecular flexibility index (Phi) is 6.16. The van der Waals surface area contributed by atoms with Crippen molar-refractivity contribution in [2.45, 2.75) is 19.6 Å². The molecule has 0 aliphatic rings. The summed E-state index contributed by atoms with van der Waals surface area (Å²) in [5.74, 6) is -0.00643. The van der Waals surface area contributed by atoms with E-state index < -0.39 is 6.10 Å². The standard InChI is InChI=1S/C21H20FN3O3/c1-15(28-18-5-3-2-4-6-18)21(27)23-11-12-25-14-24-19(13-20(25)26)16-7-9-17(22)10-8-16/h2-10,13-15H,11-12H2,1H3,(H,23,27).